The number of nitrogens with one attached hydrogen (secondary N) is 1. The first-order valence-electron chi connectivity index (χ1n) is 6.44. The summed E-state index contributed by atoms with van der Waals surface area (Å²) in [5.41, 5.74) is 3.19. The molecule has 3 nitrogen and oxygen atoms in total. The Kier molecular flexibility index (Phi) is 5.00. The fraction of sp³-hybridized carbons (Fsp3) is 0.857. The molecular formula is C14H26N2O. The Labute approximate surface area is 105 Å². The average molecular weight is 238 g/mol. The molecule has 3 N–H and O–H groups in total. The summed E-state index contributed by atoms with van der Waals surface area (Å²) in [6.45, 7) is 4.64. The van der Waals surface area contributed by atoms with E-state index in [9.17, 15) is 0 Å². The minimum absolute atomic E-state index is 0.138. The fourth-order valence-electron chi connectivity index (χ4n) is 2.77. The SMILES string of the molecule is C#CCCC(NN)C1(OC)CCC(C)(C)CC1. The molecule has 0 spiro atoms. The summed E-state index contributed by atoms with van der Waals surface area (Å²) in [7, 11) is 1.79. The third kappa shape index (κ3) is 3.45. The molecule has 0 bridgehead atoms. The van der Waals surface area contributed by atoms with Crippen LogP contribution in [0.25, 0.3) is 0 Å². The Balaban J connectivity index is 2.71. The Morgan fingerprint density at radius 2 is 1.94 bits per heavy atom. The summed E-state index contributed by atoms with van der Waals surface area (Å²) in [6.07, 6.45) is 11.4. The van der Waals surface area contributed by atoms with E-state index in [1.807, 2.05) is 0 Å². The molecule has 1 rings (SSSR count). The highest BCUT2D eigenvalue weighted by molar-refractivity contribution is 4.99. The van der Waals surface area contributed by atoms with Gasteiger partial charge in [-0.15, -0.1) is 12.3 Å². The van der Waals surface area contributed by atoms with Gasteiger partial charge < -0.3 is 4.74 Å². The maximum absolute atomic E-state index is 5.81. The van der Waals surface area contributed by atoms with Gasteiger partial charge in [0.05, 0.1) is 11.6 Å². The normalized spacial score (nSPS) is 23.9. The zero-order valence-corrected chi connectivity index (χ0v) is 11.4. The van der Waals surface area contributed by atoms with Gasteiger partial charge >= 0.3 is 0 Å². The van der Waals surface area contributed by atoms with Crippen molar-refractivity contribution in [3.8, 4) is 12.3 Å². The molecule has 0 amide bonds. The van der Waals surface area contributed by atoms with E-state index in [1.54, 1.807) is 7.11 Å². The van der Waals surface area contributed by atoms with Gasteiger partial charge in [0.1, 0.15) is 0 Å². The Hall–Kier alpha value is -0.560. The Morgan fingerprint density at radius 1 is 1.35 bits per heavy atom. The molecule has 0 aromatic carbocycles. The third-order valence-corrected chi connectivity index (χ3v) is 4.27. The van der Waals surface area contributed by atoms with Crippen molar-refractivity contribution in [3.05, 3.63) is 0 Å². The molecule has 0 radical (unpaired) electrons. The van der Waals surface area contributed by atoms with Gasteiger partial charge in [-0.2, -0.15) is 0 Å². The van der Waals surface area contributed by atoms with Crippen LogP contribution in [0.3, 0.4) is 0 Å². The number of hydrogen-bond donors (Lipinski definition) is 2. The molecule has 1 fully saturated rings. The molecule has 0 saturated heterocycles. The Morgan fingerprint density at radius 3 is 2.35 bits per heavy atom. The summed E-state index contributed by atoms with van der Waals surface area (Å²) in [4.78, 5) is 0. The summed E-state index contributed by atoms with van der Waals surface area (Å²) >= 11 is 0. The highest BCUT2D eigenvalue weighted by Crippen LogP contribution is 2.43. The van der Waals surface area contributed by atoms with E-state index in [4.69, 9.17) is 17.0 Å². The van der Waals surface area contributed by atoms with Crippen molar-refractivity contribution >= 4 is 0 Å². The number of nitrogens with two attached hydrogens (primary N) is 1. The van der Waals surface area contributed by atoms with Crippen LogP contribution in [0.1, 0.15) is 52.4 Å². The third-order valence-electron chi connectivity index (χ3n) is 4.27. The van der Waals surface area contributed by atoms with E-state index in [2.05, 4.69) is 25.2 Å². The molecule has 0 aromatic rings. The second kappa shape index (κ2) is 5.86. The van der Waals surface area contributed by atoms with Gasteiger partial charge in [0.25, 0.3) is 0 Å². The largest absolute Gasteiger partial charge is 0.377 e. The lowest BCUT2D eigenvalue weighted by atomic mass is 9.68. The maximum atomic E-state index is 5.81. The van der Waals surface area contributed by atoms with Crippen LogP contribution in [0, 0.1) is 17.8 Å². The predicted octanol–water partition coefficient (Wildman–Crippen LogP) is 2.22. The smallest absolute Gasteiger partial charge is 0.0845 e. The molecule has 1 saturated carbocycles. The van der Waals surface area contributed by atoms with E-state index >= 15 is 0 Å². The van der Waals surface area contributed by atoms with Crippen LogP contribution in [0.15, 0.2) is 0 Å². The molecule has 0 aliphatic heterocycles. The van der Waals surface area contributed by atoms with Crippen molar-refractivity contribution in [2.45, 2.75) is 64.0 Å². The van der Waals surface area contributed by atoms with Crippen molar-refractivity contribution in [2.75, 3.05) is 7.11 Å². The van der Waals surface area contributed by atoms with Crippen LogP contribution < -0.4 is 11.3 Å². The number of ether oxygens (including phenoxy) is 1. The van der Waals surface area contributed by atoms with Crippen LogP contribution in [0.4, 0.5) is 0 Å². The van der Waals surface area contributed by atoms with Crippen LogP contribution in [0.5, 0.6) is 0 Å². The topological polar surface area (TPSA) is 47.3 Å². The first kappa shape index (κ1) is 14.5. The lowest BCUT2D eigenvalue weighted by molar-refractivity contribution is -0.0876. The van der Waals surface area contributed by atoms with Gasteiger partial charge in [-0.25, -0.2) is 0 Å². The zero-order chi connectivity index (χ0) is 12.9. The summed E-state index contributed by atoms with van der Waals surface area (Å²) in [5, 5.41) is 0. The van der Waals surface area contributed by atoms with Crippen molar-refractivity contribution in [1.29, 1.82) is 0 Å². The number of terminal acetylenes is 1. The number of methoxy groups -OCH3 is 1. The van der Waals surface area contributed by atoms with E-state index in [-0.39, 0.29) is 11.6 Å². The molecule has 0 aromatic heterocycles. The number of rotatable bonds is 5. The van der Waals surface area contributed by atoms with Gasteiger partial charge in [-0.3, -0.25) is 11.3 Å². The standard InChI is InChI=1S/C14H26N2O/c1-5-6-7-12(16-15)14(17-4)10-8-13(2,3)9-11-14/h1,12,16H,6-11,15H2,2-4H3. The summed E-state index contributed by atoms with van der Waals surface area (Å²) in [5.74, 6) is 8.35. The van der Waals surface area contributed by atoms with Gasteiger partial charge in [0.15, 0.2) is 0 Å². The van der Waals surface area contributed by atoms with Crippen molar-refractivity contribution in [1.82, 2.24) is 5.43 Å². The molecule has 1 aliphatic rings. The van der Waals surface area contributed by atoms with Crippen LogP contribution in [0.2, 0.25) is 0 Å². The maximum Gasteiger partial charge on any atom is 0.0845 e. The van der Waals surface area contributed by atoms with E-state index < -0.39 is 0 Å². The van der Waals surface area contributed by atoms with Crippen LogP contribution in [-0.4, -0.2) is 18.8 Å². The highest BCUT2D eigenvalue weighted by atomic mass is 16.5. The quantitative estimate of drug-likeness (QED) is 0.438. The summed E-state index contributed by atoms with van der Waals surface area (Å²) in [6, 6.07) is 0.152. The summed E-state index contributed by atoms with van der Waals surface area (Å²) < 4.78 is 5.81. The molecule has 1 unspecified atom stereocenters. The molecule has 3 heteroatoms. The minimum Gasteiger partial charge on any atom is -0.377 e. The monoisotopic (exact) mass is 238 g/mol. The molecular weight excluding hydrogens is 212 g/mol. The molecule has 1 atom stereocenters. The van der Waals surface area contributed by atoms with Gasteiger partial charge in [-0.1, -0.05) is 13.8 Å². The first-order chi connectivity index (χ1) is 7.99. The average Bonchev–Trinajstić information content (AvgIpc) is 2.32. The Bertz CT molecular complexity index is 270. The van der Waals surface area contributed by atoms with E-state index in [1.165, 1.54) is 12.8 Å². The number of hydrazine groups is 1. The molecule has 1 aliphatic carbocycles. The van der Waals surface area contributed by atoms with Crippen molar-refractivity contribution < 1.29 is 4.74 Å². The lowest BCUT2D eigenvalue weighted by Gasteiger charge is -2.46. The van der Waals surface area contributed by atoms with Crippen LogP contribution >= 0.6 is 0 Å². The van der Waals surface area contributed by atoms with Gasteiger partial charge in [0, 0.05) is 13.5 Å². The van der Waals surface area contributed by atoms with E-state index in [0.717, 1.165) is 25.7 Å². The number of hydrogen-bond acceptors (Lipinski definition) is 3. The zero-order valence-electron chi connectivity index (χ0n) is 11.4. The second-order valence-electron chi connectivity index (χ2n) is 5.90. The first-order valence-corrected chi connectivity index (χ1v) is 6.44. The minimum atomic E-state index is -0.138. The predicted molar refractivity (Wildman–Crippen MR) is 71.2 cm³/mol. The van der Waals surface area contributed by atoms with Gasteiger partial charge in [-0.05, 0) is 37.5 Å². The van der Waals surface area contributed by atoms with Crippen molar-refractivity contribution in [2.24, 2.45) is 11.3 Å². The molecule has 98 valence electrons. The van der Waals surface area contributed by atoms with Crippen LogP contribution in [-0.2, 0) is 4.74 Å². The fourth-order valence-corrected chi connectivity index (χ4v) is 2.77. The highest BCUT2D eigenvalue weighted by Gasteiger charge is 2.43. The van der Waals surface area contributed by atoms with Crippen molar-refractivity contribution in [3.63, 3.8) is 0 Å². The molecule has 17 heavy (non-hydrogen) atoms. The lowest BCUT2D eigenvalue weighted by Crippen LogP contribution is -2.56. The van der Waals surface area contributed by atoms with E-state index in [0.29, 0.717) is 5.41 Å². The van der Waals surface area contributed by atoms with Gasteiger partial charge in [0.2, 0.25) is 0 Å². The molecule has 0 heterocycles. The second-order valence-corrected chi connectivity index (χ2v) is 5.90.